The van der Waals surface area contributed by atoms with Gasteiger partial charge in [0, 0.05) is 27.7 Å². The third-order valence-corrected chi connectivity index (χ3v) is 6.01. The van der Waals surface area contributed by atoms with E-state index in [0.29, 0.717) is 5.56 Å². The van der Waals surface area contributed by atoms with Gasteiger partial charge in [-0.25, -0.2) is 4.79 Å². The number of benzene rings is 1. The van der Waals surface area contributed by atoms with Crippen molar-refractivity contribution in [2.45, 2.75) is 104 Å². The second kappa shape index (κ2) is 17.1. The Morgan fingerprint density at radius 1 is 0.826 bits per heavy atom. The van der Waals surface area contributed by atoms with E-state index in [9.17, 15) is 33.6 Å². The molecule has 0 unspecified atom stereocenters. The lowest BCUT2D eigenvalue weighted by molar-refractivity contribution is -0.228. The molecule has 0 aromatic heterocycles. The number of hydrogen-bond acceptors (Lipinski definition) is 13. The van der Waals surface area contributed by atoms with Gasteiger partial charge < -0.3 is 44.4 Å². The standard InChI is InChI=1S/C30H41N3O13/c1-16(34)31-24-26(44-19(4)37)25(43-18(3)36)22(15-41-17(2)35)45-28(24)33-27(39)21(13-23(38)46-30(5,6)7)32-29(40)42-14-20-11-9-8-10-12-20/h8-12,21-22,24-26,28H,13-15H2,1-7H3,(H,31,34)(H,32,40)(H,33,39)/t21-,22+,24+,25+,26+,28+/m0/s1. The van der Waals surface area contributed by atoms with Crippen molar-refractivity contribution in [3.05, 3.63) is 35.9 Å². The van der Waals surface area contributed by atoms with Crippen LogP contribution in [0.2, 0.25) is 0 Å². The summed E-state index contributed by atoms with van der Waals surface area (Å²) in [6, 6.07) is 5.76. The molecule has 0 aliphatic carbocycles. The Balaban J connectivity index is 2.41. The predicted octanol–water partition coefficient (Wildman–Crippen LogP) is 0.786. The maximum absolute atomic E-state index is 13.7. The lowest BCUT2D eigenvalue weighted by Crippen LogP contribution is -2.70. The third-order valence-electron chi connectivity index (χ3n) is 6.01. The number of amides is 3. The van der Waals surface area contributed by atoms with Gasteiger partial charge in [0.05, 0.1) is 6.42 Å². The normalized spacial score (nSPS) is 21.4. The molecule has 0 spiro atoms. The summed E-state index contributed by atoms with van der Waals surface area (Å²) < 4.78 is 32.3. The molecule has 6 atom stereocenters. The van der Waals surface area contributed by atoms with Gasteiger partial charge in [-0.15, -0.1) is 0 Å². The molecule has 2 rings (SSSR count). The fourth-order valence-corrected chi connectivity index (χ4v) is 4.36. The summed E-state index contributed by atoms with van der Waals surface area (Å²) in [5, 5.41) is 7.34. The van der Waals surface area contributed by atoms with Crippen LogP contribution in [0, 0.1) is 0 Å². The monoisotopic (exact) mass is 651 g/mol. The zero-order valence-electron chi connectivity index (χ0n) is 26.8. The van der Waals surface area contributed by atoms with Crippen molar-refractivity contribution in [1.29, 1.82) is 0 Å². The van der Waals surface area contributed by atoms with Crippen molar-refractivity contribution >= 4 is 41.8 Å². The summed E-state index contributed by atoms with van der Waals surface area (Å²) in [7, 11) is 0. The predicted molar refractivity (Wildman–Crippen MR) is 156 cm³/mol. The topological polar surface area (TPSA) is 211 Å². The van der Waals surface area contributed by atoms with Crippen LogP contribution in [0.4, 0.5) is 4.79 Å². The highest BCUT2D eigenvalue weighted by molar-refractivity contribution is 5.90. The minimum Gasteiger partial charge on any atom is -0.463 e. The first-order valence-electron chi connectivity index (χ1n) is 14.3. The van der Waals surface area contributed by atoms with Crippen molar-refractivity contribution in [2.75, 3.05) is 6.61 Å². The van der Waals surface area contributed by atoms with Gasteiger partial charge >= 0.3 is 30.0 Å². The molecule has 46 heavy (non-hydrogen) atoms. The quantitative estimate of drug-likeness (QED) is 0.211. The molecule has 1 heterocycles. The highest BCUT2D eigenvalue weighted by Gasteiger charge is 2.51. The number of ether oxygens (including phenoxy) is 6. The van der Waals surface area contributed by atoms with Gasteiger partial charge in [-0.1, -0.05) is 30.3 Å². The molecule has 1 aliphatic rings. The van der Waals surface area contributed by atoms with E-state index in [-0.39, 0.29) is 6.61 Å². The van der Waals surface area contributed by atoms with Gasteiger partial charge in [0.2, 0.25) is 11.8 Å². The van der Waals surface area contributed by atoms with Crippen LogP contribution in [0.1, 0.15) is 60.5 Å². The maximum atomic E-state index is 13.7. The summed E-state index contributed by atoms with van der Waals surface area (Å²) in [5.74, 6) is -4.81. The zero-order chi connectivity index (χ0) is 34.6. The summed E-state index contributed by atoms with van der Waals surface area (Å²) >= 11 is 0. The fourth-order valence-electron chi connectivity index (χ4n) is 4.36. The molecule has 0 bridgehead atoms. The SMILES string of the molecule is CC(=O)N[C@@H]1[C@@H](OC(C)=O)[C@H](OC(C)=O)[C@@H](COC(C)=O)O[C@H]1NC(=O)[C@H](CC(=O)OC(C)(C)C)NC(=O)OCc1ccccc1. The smallest absolute Gasteiger partial charge is 0.408 e. The van der Waals surface area contributed by atoms with E-state index in [4.69, 9.17) is 28.4 Å². The second-order valence-electron chi connectivity index (χ2n) is 11.3. The Morgan fingerprint density at radius 2 is 1.43 bits per heavy atom. The molecular weight excluding hydrogens is 610 g/mol. The lowest BCUT2D eigenvalue weighted by atomic mass is 9.94. The molecule has 1 aliphatic heterocycles. The molecule has 1 aromatic rings. The largest absolute Gasteiger partial charge is 0.463 e. The molecule has 0 radical (unpaired) electrons. The van der Waals surface area contributed by atoms with Crippen LogP contribution in [0.5, 0.6) is 0 Å². The fraction of sp³-hybridized carbons (Fsp3) is 0.567. The van der Waals surface area contributed by atoms with E-state index < -0.39 is 97.0 Å². The number of esters is 4. The van der Waals surface area contributed by atoms with Gasteiger partial charge in [-0.3, -0.25) is 28.8 Å². The second-order valence-corrected chi connectivity index (χ2v) is 11.3. The molecule has 16 nitrogen and oxygen atoms in total. The Morgan fingerprint density at radius 3 is 1.98 bits per heavy atom. The average Bonchev–Trinajstić information content (AvgIpc) is 2.92. The Kier molecular flexibility index (Phi) is 13.9. The van der Waals surface area contributed by atoms with Crippen LogP contribution in [0.3, 0.4) is 0 Å². The van der Waals surface area contributed by atoms with E-state index >= 15 is 0 Å². The first-order valence-corrected chi connectivity index (χ1v) is 14.3. The van der Waals surface area contributed by atoms with Crippen LogP contribution in [0.25, 0.3) is 0 Å². The molecule has 1 saturated heterocycles. The zero-order valence-corrected chi connectivity index (χ0v) is 26.8. The molecule has 254 valence electrons. The van der Waals surface area contributed by atoms with E-state index in [1.54, 1.807) is 51.1 Å². The first kappa shape index (κ1) is 37.5. The molecule has 1 fully saturated rings. The van der Waals surface area contributed by atoms with Crippen LogP contribution in [0.15, 0.2) is 30.3 Å². The summed E-state index contributed by atoms with van der Waals surface area (Å²) in [6.07, 6.45) is -7.35. The third kappa shape index (κ3) is 13.1. The number of carbonyl (C=O) groups is 7. The number of nitrogens with one attached hydrogen (secondary N) is 3. The number of rotatable bonds is 12. The van der Waals surface area contributed by atoms with Gasteiger partial charge in [-0.05, 0) is 26.3 Å². The number of hydrogen-bond donors (Lipinski definition) is 3. The van der Waals surface area contributed by atoms with Crippen molar-refractivity contribution < 1.29 is 62.0 Å². The van der Waals surface area contributed by atoms with E-state index in [0.717, 1.165) is 27.7 Å². The summed E-state index contributed by atoms with van der Waals surface area (Å²) in [4.78, 5) is 87.0. The summed E-state index contributed by atoms with van der Waals surface area (Å²) in [5.41, 5.74) is -0.251. The Labute approximate surface area is 266 Å². The molecular formula is C30H41N3O13. The van der Waals surface area contributed by atoms with Crippen LogP contribution >= 0.6 is 0 Å². The molecule has 1 aromatic carbocycles. The van der Waals surface area contributed by atoms with Crippen molar-refractivity contribution in [3.8, 4) is 0 Å². The molecule has 3 amide bonds. The maximum Gasteiger partial charge on any atom is 0.408 e. The lowest BCUT2D eigenvalue weighted by Gasteiger charge is -2.45. The van der Waals surface area contributed by atoms with E-state index in [1.807, 2.05) is 0 Å². The van der Waals surface area contributed by atoms with Crippen molar-refractivity contribution in [2.24, 2.45) is 0 Å². The van der Waals surface area contributed by atoms with Crippen molar-refractivity contribution in [3.63, 3.8) is 0 Å². The van der Waals surface area contributed by atoms with E-state index in [1.165, 1.54) is 0 Å². The Hall–Kier alpha value is -4.73. The van der Waals surface area contributed by atoms with Crippen molar-refractivity contribution in [1.82, 2.24) is 16.0 Å². The molecule has 0 saturated carbocycles. The highest BCUT2D eigenvalue weighted by atomic mass is 16.6. The minimum atomic E-state index is -1.58. The molecule has 16 heteroatoms. The first-order chi connectivity index (χ1) is 21.4. The number of alkyl carbamates (subject to hydrolysis) is 1. The van der Waals surface area contributed by atoms with E-state index in [2.05, 4.69) is 16.0 Å². The van der Waals surface area contributed by atoms with Gasteiger partial charge in [0.15, 0.2) is 18.4 Å². The minimum absolute atomic E-state index is 0.136. The van der Waals surface area contributed by atoms with Gasteiger partial charge in [-0.2, -0.15) is 0 Å². The highest BCUT2D eigenvalue weighted by Crippen LogP contribution is 2.26. The van der Waals surface area contributed by atoms with Crippen LogP contribution < -0.4 is 16.0 Å². The van der Waals surface area contributed by atoms with Gasteiger partial charge in [0.25, 0.3) is 0 Å². The Bertz CT molecular complexity index is 1260. The van der Waals surface area contributed by atoms with Gasteiger partial charge in [0.1, 0.15) is 37.0 Å². The number of carbonyl (C=O) groups excluding carboxylic acids is 7. The average molecular weight is 652 g/mol. The molecule has 3 N–H and O–H groups in total. The van der Waals surface area contributed by atoms with Crippen LogP contribution in [-0.4, -0.2) is 90.6 Å². The summed E-state index contributed by atoms with van der Waals surface area (Å²) in [6.45, 7) is 8.63. The van der Waals surface area contributed by atoms with Crippen LogP contribution in [-0.2, 0) is 63.8 Å².